The quantitative estimate of drug-likeness (QED) is 0.941. The van der Waals surface area contributed by atoms with E-state index in [4.69, 9.17) is 5.11 Å². The first-order valence-electron chi connectivity index (χ1n) is 7.24. The van der Waals surface area contributed by atoms with Gasteiger partial charge in [-0.3, -0.25) is 9.78 Å². The van der Waals surface area contributed by atoms with Crippen LogP contribution in [0.4, 0.5) is 0 Å². The van der Waals surface area contributed by atoms with Crippen molar-refractivity contribution in [3.8, 4) is 11.3 Å². The molecule has 108 valence electrons. The molecule has 1 aliphatic rings. The van der Waals surface area contributed by atoms with Gasteiger partial charge in [0.15, 0.2) is 0 Å². The molecule has 4 nitrogen and oxygen atoms in total. The van der Waals surface area contributed by atoms with Crippen LogP contribution in [0.25, 0.3) is 11.3 Å². The smallest absolute Gasteiger partial charge is 0.256 e. The normalized spacial score (nSPS) is 14.4. The number of amides is 1. The van der Waals surface area contributed by atoms with E-state index in [0.717, 1.165) is 37.1 Å². The minimum atomic E-state index is 0.0159. The number of nitrogens with zero attached hydrogens (tertiary/aromatic N) is 2. The summed E-state index contributed by atoms with van der Waals surface area (Å²) in [7, 11) is 0. The lowest BCUT2D eigenvalue weighted by molar-refractivity contribution is 0.0793. The van der Waals surface area contributed by atoms with E-state index in [0.29, 0.717) is 11.3 Å². The second-order valence-electron chi connectivity index (χ2n) is 5.25. The first kappa shape index (κ1) is 13.8. The van der Waals surface area contributed by atoms with Gasteiger partial charge < -0.3 is 10.0 Å². The van der Waals surface area contributed by atoms with Crippen molar-refractivity contribution in [2.24, 2.45) is 0 Å². The van der Waals surface area contributed by atoms with Gasteiger partial charge in [0, 0.05) is 24.8 Å². The second-order valence-corrected chi connectivity index (χ2v) is 5.25. The van der Waals surface area contributed by atoms with Gasteiger partial charge in [0.1, 0.15) is 0 Å². The van der Waals surface area contributed by atoms with Crippen molar-refractivity contribution < 1.29 is 9.90 Å². The molecule has 2 aromatic rings. The molecule has 0 saturated carbocycles. The fourth-order valence-electron chi connectivity index (χ4n) is 2.67. The minimum Gasteiger partial charge on any atom is -0.392 e. The number of aliphatic hydroxyl groups excluding tert-OH is 1. The van der Waals surface area contributed by atoms with Crippen LogP contribution in [-0.2, 0) is 6.61 Å². The highest BCUT2D eigenvalue weighted by molar-refractivity contribution is 6.00. The summed E-state index contributed by atoms with van der Waals surface area (Å²) in [6, 6.07) is 11.1. The molecule has 1 amide bonds. The Labute approximate surface area is 124 Å². The Morgan fingerprint density at radius 3 is 2.52 bits per heavy atom. The molecule has 1 aromatic carbocycles. The number of pyridine rings is 1. The van der Waals surface area contributed by atoms with Gasteiger partial charge in [-0.15, -0.1) is 0 Å². The number of benzene rings is 1. The van der Waals surface area contributed by atoms with Gasteiger partial charge in [0.2, 0.25) is 0 Å². The molecule has 0 spiro atoms. The maximum atomic E-state index is 12.6. The molecule has 1 fully saturated rings. The molecule has 1 saturated heterocycles. The van der Waals surface area contributed by atoms with E-state index in [2.05, 4.69) is 4.98 Å². The Hall–Kier alpha value is -2.20. The van der Waals surface area contributed by atoms with Crippen molar-refractivity contribution in [1.29, 1.82) is 0 Å². The third-order valence-electron chi connectivity index (χ3n) is 3.84. The van der Waals surface area contributed by atoms with E-state index in [1.165, 1.54) is 0 Å². The van der Waals surface area contributed by atoms with Crippen LogP contribution in [0.2, 0.25) is 0 Å². The molecule has 0 aliphatic carbocycles. The van der Waals surface area contributed by atoms with Gasteiger partial charge in [-0.2, -0.15) is 0 Å². The van der Waals surface area contributed by atoms with E-state index in [1.54, 1.807) is 12.3 Å². The van der Waals surface area contributed by atoms with E-state index in [-0.39, 0.29) is 12.5 Å². The highest BCUT2D eigenvalue weighted by Crippen LogP contribution is 2.24. The number of carbonyl (C=O) groups is 1. The van der Waals surface area contributed by atoms with E-state index < -0.39 is 0 Å². The fraction of sp³-hybridized carbons (Fsp3) is 0.294. The van der Waals surface area contributed by atoms with Crippen LogP contribution in [-0.4, -0.2) is 34.0 Å². The Bertz CT molecular complexity index is 631. The Balaban J connectivity index is 1.96. The lowest BCUT2D eigenvalue weighted by Crippen LogP contribution is -2.28. The van der Waals surface area contributed by atoms with Gasteiger partial charge in [-0.05, 0) is 30.5 Å². The average Bonchev–Trinajstić information content (AvgIpc) is 3.09. The minimum absolute atomic E-state index is 0.0159. The van der Waals surface area contributed by atoms with Gasteiger partial charge in [-0.25, -0.2) is 0 Å². The van der Waals surface area contributed by atoms with Crippen molar-refractivity contribution in [2.45, 2.75) is 19.4 Å². The first-order valence-corrected chi connectivity index (χ1v) is 7.24. The molecule has 21 heavy (non-hydrogen) atoms. The number of hydrogen-bond donors (Lipinski definition) is 1. The summed E-state index contributed by atoms with van der Waals surface area (Å²) in [6.07, 6.45) is 3.86. The van der Waals surface area contributed by atoms with Gasteiger partial charge in [0.05, 0.1) is 17.9 Å². The summed E-state index contributed by atoms with van der Waals surface area (Å²) in [5, 5.41) is 9.11. The molecule has 2 heterocycles. The lowest BCUT2D eigenvalue weighted by Gasteiger charge is -2.17. The summed E-state index contributed by atoms with van der Waals surface area (Å²) < 4.78 is 0. The third kappa shape index (κ3) is 2.81. The lowest BCUT2D eigenvalue weighted by atomic mass is 10.0. The molecular formula is C17H18N2O2. The molecule has 0 unspecified atom stereocenters. The third-order valence-corrected chi connectivity index (χ3v) is 3.84. The van der Waals surface area contributed by atoms with E-state index in [1.807, 2.05) is 35.2 Å². The monoisotopic (exact) mass is 282 g/mol. The Morgan fingerprint density at radius 1 is 1.14 bits per heavy atom. The summed E-state index contributed by atoms with van der Waals surface area (Å²) >= 11 is 0. The maximum absolute atomic E-state index is 12.6. The summed E-state index contributed by atoms with van der Waals surface area (Å²) in [6.45, 7) is 1.68. The number of carbonyl (C=O) groups excluding carboxylic acids is 1. The predicted molar refractivity (Wildman–Crippen MR) is 80.7 cm³/mol. The standard InChI is InChI=1S/C17H18N2O2/c20-12-13-5-7-14(8-6-13)16-15(4-3-9-18-16)17(21)19-10-1-2-11-19/h3-9,20H,1-2,10-12H2. The Morgan fingerprint density at radius 2 is 1.86 bits per heavy atom. The van der Waals surface area contributed by atoms with Crippen molar-refractivity contribution in [2.75, 3.05) is 13.1 Å². The number of hydrogen-bond acceptors (Lipinski definition) is 3. The van der Waals surface area contributed by atoms with Gasteiger partial charge in [-0.1, -0.05) is 24.3 Å². The largest absolute Gasteiger partial charge is 0.392 e. The molecule has 1 N–H and O–H groups in total. The highest BCUT2D eigenvalue weighted by atomic mass is 16.3. The zero-order valence-electron chi connectivity index (χ0n) is 11.8. The Kier molecular flexibility index (Phi) is 3.97. The predicted octanol–water partition coefficient (Wildman–Crippen LogP) is 2.48. The van der Waals surface area contributed by atoms with Crippen LogP contribution in [0.1, 0.15) is 28.8 Å². The second kappa shape index (κ2) is 6.06. The van der Waals surface area contributed by atoms with E-state index in [9.17, 15) is 4.79 Å². The van der Waals surface area contributed by atoms with Gasteiger partial charge >= 0.3 is 0 Å². The number of aliphatic hydroxyl groups is 1. The molecule has 4 heteroatoms. The average molecular weight is 282 g/mol. The SMILES string of the molecule is O=C(c1cccnc1-c1ccc(CO)cc1)N1CCCC1. The topological polar surface area (TPSA) is 53.4 Å². The molecule has 0 radical (unpaired) electrons. The first-order chi connectivity index (χ1) is 10.3. The molecule has 0 bridgehead atoms. The van der Waals surface area contributed by atoms with Crippen LogP contribution in [0.15, 0.2) is 42.6 Å². The summed E-state index contributed by atoms with van der Waals surface area (Å²) in [5.74, 6) is 0.0573. The highest BCUT2D eigenvalue weighted by Gasteiger charge is 2.22. The van der Waals surface area contributed by atoms with Crippen LogP contribution in [0.3, 0.4) is 0 Å². The fourth-order valence-corrected chi connectivity index (χ4v) is 2.67. The summed E-state index contributed by atoms with van der Waals surface area (Å²) in [4.78, 5) is 18.9. The van der Waals surface area contributed by atoms with Crippen LogP contribution in [0, 0.1) is 0 Å². The number of aromatic nitrogens is 1. The number of likely N-dealkylation sites (tertiary alicyclic amines) is 1. The van der Waals surface area contributed by atoms with Crippen molar-refractivity contribution >= 4 is 5.91 Å². The van der Waals surface area contributed by atoms with Crippen molar-refractivity contribution in [3.05, 3.63) is 53.7 Å². The zero-order chi connectivity index (χ0) is 14.7. The van der Waals surface area contributed by atoms with Crippen LogP contribution in [0.5, 0.6) is 0 Å². The van der Waals surface area contributed by atoms with Gasteiger partial charge in [0.25, 0.3) is 5.91 Å². The zero-order valence-corrected chi connectivity index (χ0v) is 11.8. The maximum Gasteiger partial charge on any atom is 0.256 e. The van der Waals surface area contributed by atoms with Crippen molar-refractivity contribution in [1.82, 2.24) is 9.88 Å². The molecule has 1 aromatic heterocycles. The summed E-state index contributed by atoms with van der Waals surface area (Å²) in [5.41, 5.74) is 3.10. The van der Waals surface area contributed by atoms with E-state index >= 15 is 0 Å². The molecule has 0 atom stereocenters. The number of rotatable bonds is 3. The molecule has 1 aliphatic heterocycles. The van der Waals surface area contributed by atoms with Crippen LogP contribution < -0.4 is 0 Å². The molecular weight excluding hydrogens is 264 g/mol. The van der Waals surface area contributed by atoms with Crippen LogP contribution >= 0.6 is 0 Å². The molecule has 3 rings (SSSR count). The van der Waals surface area contributed by atoms with Crippen molar-refractivity contribution in [3.63, 3.8) is 0 Å².